The first kappa shape index (κ1) is 19.1. The van der Waals surface area contributed by atoms with Crippen molar-refractivity contribution >= 4 is 11.9 Å². The SMILES string of the molecule is CCOC(=O)C1(C(=O)OCC)Cc2ccc(CO)c(-c3ccccc3)c2C1. The molecule has 1 aliphatic carbocycles. The van der Waals surface area contributed by atoms with Crippen LogP contribution in [0.15, 0.2) is 42.5 Å². The highest BCUT2D eigenvalue weighted by Gasteiger charge is 2.53. The van der Waals surface area contributed by atoms with Gasteiger partial charge in [0, 0.05) is 6.42 Å². The largest absolute Gasteiger partial charge is 0.465 e. The summed E-state index contributed by atoms with van der Waals surface area (Å²) in [6.45, 7) is 3.72. The third-order valence-corrected chi connectivity index (χ3v) is 5.03. The second kappa shape index (κ2) is 7.92. The van der Waals surface area contributed by atoms with Gasteiger partial charge < -0.3 is 14.6 Å². The third kappa shape index (κ3) is 3.35. The van der Waals surface area contributed by atoms with Crippen LogP contribution in [-0.2, 0) is 38.5 Å². The molecule has 0 unspecified atom stereocenters. The van der Waals surface area contributed by atoms with Gasteiger partial charge in [-0.1, -0.05) is 42.5 Å². The van der Waals surface area contributed by atoms with Gasteiger partial charge in [-0.15, -0.1) is 0 Å². The number of carbonyl (C=O) groups is 2. The summed E-state index contributed by atoms with van der Waals surface area (Å²) in [5.74, 6) is -1.10. The Labute approximate surface area is 158 Å². The molecule has 5 nitrogen and oxygen atoms in total. The fourth-order valence-electron chi connectivity index (χ4n) is 3.80. The molecule has 0 aliphatic heterocycles. The molecule has 0 amide bonds. The number of hydrogen-bond donors (Lipinski definition) is 1. The number of esters is 2. The minimum Gasteiger partial charge on any atom is -0.465 e. The third-order valence-electron chi connectivity index (χ3n) is 5.03. The van der Waals surface area contributed by atoms with Crippen molar-refractivity contribution in [3.8, 4) is 11.1 Å². The van der Waals surface area contributed by atoms with Crippen LogP contribution in [-0.4, -0.2) is 30.3 Å². The van der Waals surface area contributed by atoms with E-state index in [1.54, 1.807) is 13.8 Å². The molecule has 3 rings (SSSR count). The Morgan fingerprint density at radius 2 is 1.59 bits per heavy atom. The van der Waals surface area contributed by atoms with Crippen LogP contribution in [0.25, 0.3) is 11.1 Å². The van der Waals surface area contributed by atoms with Crippen LogP contribution in [0.3, 0.4) is 0 Å². The number of aliphatic hydroxyl groups excluding tert-OH is 1. The van der Waals surface area contributed by atoms with Crippen LogP contribution in [0.4, 0.5) is 0 Å². The van der Waals surface area contributed by atoms with Crippen LogP contribution in [0.2, 0.25) is 0 Å². The Bertz CT molecular complexity index is 823. The van der Waals surface area contributed by atoms with E-state index in [2.05, 4.69) is 0 Å². The Balaban J connectivity index is 2.13. The highest BCUT2D eigenvalue weighted by atomic mass is 16.6. The lowest BCUT2D eigenvalue weighted by Crippen LogP contribution is -2.43. The molecule has 0 spiro atoms. The van der Waals surface area contributed by atoms with Gasteiger partial charge in [0.1, 0.15) is 0 Å². The standard InChI is InChI=1S/C22H24O5/c1-3-26-20(24)22(21(25)27-4-2)12-16-10-11-17(14-23)19(18(16)13-22)15-8-6-5-7-9-15/h5-11,23H,3-4,12-14H2,1-2H3. The van der Waals surface area contributed by atoms with Gasteiger partial charge in [0.05, 0.1) is 19.8 Å². The number of hydrogen-bond acceptors (Lipinski definition) is 5. The van der Waals surface area contributed by atoms with E-state index in [1.165, 1.54) is 0 Å². The number of ether oxygens (including phenoxy) is 2. The molecule has 0 radical (unpaired) electrons. The average Bonchev–Trinajstić information content (AvgIpc) is 3.09. The van der Waals surface area contributed by atoms with Crippen LogP contribution >= 0.6 is 0 Å². The quantitative estimate of drug-likeness (QED) is 0.627. The van der Waals surface area contributed by atoms with Gasteiger partial charge in [0.15, 0.2) is 5.41 Å². The molecule has 142 valence electrons. The van der Waals surface area contributed by atoms with Crippen molar-refractivity contribution in [1.29, 1.82) is 0 Å². The van der Waals surface area contributed by atoms with Crippen LogP contribution in [0, 0.1) is 5.41 Å². The summed E-state index contributed by atoms with van der Waals surface area (Å²) < 4.78 is 10.5. The first-order valence-corrected chi connectivity index (χ1v) is 9.21. The predicted molar refractivity (Wildman–Crippen MR) is 101 cm³/mol. The molecule has 1 aliphatic rings. The fraction of sp³-hybridized carbons (Fsp3) is 0.364. The maximum Gasteiger partial charge on any atom is 0.324 e. The molecule has 27 heavy (non-hydrogen) atoms. The van der Waals surface area contributed by atoms with E-state index in [0.717, 1.165) is 27.8 Å². The first-order valence-electron chi connectivity index (χ1n) is 9.21. The summed E-state index contributed by atoms with van der Waals surface area (Å²) in [5, 5.41) is 9.84. The van der Waals surface area contributed by atoms with Crippen molar-refractivity contribution in [3.63, 3.8) is 0 Å². The summed E-state index contributed by atoms with van der Waals surface area (Å²) >= 11 is 0. The summed E-state index contributed by atoms with van der Waals surface area (Å²) in [7, 11) is 0. The number of aliphatic hydroxyl groups is 1. The lowest BCUT2D eigenvalue weighted by Gasteiger charge is -2.24. The highest BCUT2D eigenvalue weighted by Crippen LogP contribution is 2.44. The van der Waals surface area contributed by atoms with E-state index >= 15 is 0 Å². The second-order valence-electron chi connectivity index (χ2n) is 6.64. The van der Waals surface area contributed by atoms with E-state index in [4.69, 9.17) is 9.47 Å². The molecular weight excluding hydrogens is 344 g/mol. The molecular formula is C22H24O5. The lowest BCUT2D eigenvalue weighted by molar-refractivity contribution is -0.171. The minimum atomic E-state index is -1.37. The molecule has 0 bridgehead atoms. The Kier molecular flexibility index (Phi) is 5.61. The summed E-state index contributed by atoms with van der Waals surface area (Å²) in [6.07, 6.45) is 0.448. The Hall–Kier alpha value is -2.66. The molecule has 0 saturated carbocycles. The van der Waals surface area contributed by atoms with Gasteiger partial charge in [-0.3, -0.25) is 9.59 Å². The van der Waals surface area contributed by atoms with Gasteiger partial charge in [-0.25, -0.2) is 0 Å². The Morgan fingerprint density at radius 3 is 2.15 bits per heavy atom. The minimum absolute atomic E-state index is 0.122. The van der Waals surface area contributed by atoms with Crippen molar-refractivity contribution in [1.82, 2.24) is 0 Å². The van der Waals surface area contributed by atoms with Gasteiger partial charge in [-0.05, 0) is 48.1 Å². The second-order valence-corrected chi connectivity index (χ2v) is 6.64. The van der Waals surface area contributed by atoms with Crippen molar-refractivity contribution in [2.45, 2.75) is 33.3 Å². The summed E-state index contributed by atoms with van der Waals surface area (Å²) in [6, 6.07) is 13.4. The number of benzene rings is 2. The molecule has 0 saturated heterocycles. The highest BCUT2D eigenvalue weighted by molar-refractivity contribution is 6.02. The van der Waals surface area contributed by atoms with Gasteiger partial charge in [0.2, 0.25) is 0 Å². The number of fused-ring (bicyclic) bond motifs is 1. The van der Waals surface area contributed by atoms with Crippen molar-refractivity contribution in [3.05, 3.63) is 59.2 Å². The van der Waals surface area contributed by atoms with E-state index in [0.29, 0.717) is 0 Å². The molecule has 0 aromatic heterocycles. The van der Waals surface area contributed by atoms with E-state index in [-0.39, 0.29) is 32.7 Å². The van der Waals surface area contributed by atoms with E-state index in [9.17, 15) is 14.7 Å². The van der Waals surface area contributed by atoms with Crippen LogP contribution < -0.4 is 0 Å². The van der Waals surface area contributed by atoms with E-state index in [1.807, 2.05) is 42.5 Å². The zero-order valence-corrected chi connectivity index (χ0v) is 15.7. The molecule has 2 aromatic rings. The summed E-state index contributed by atoms with van der Waals surface area (Å²) in [5.41, 5.74) is 3.03. The van der Waals surface area contributed by atoms with Gasteiger partial charge >= 0.3 is 11.9 Å². The van der Waals surface area contributed by atoms with Crippen molar-refractivity contribution in [2.24, 2.45) is 5.41 Å². The molecule has 5 heteroatoms. The van der Waals surface area contributed by atoms with Gasteiger partial charge in [-0.2, -0.15) is 0 Å². The first-order chi connectivity index (χ1) is 13.1. The number of carbonyl (C=O) groups excluding carboxylic acids is 2. The number of rotatable bonds is 6. The normalized spacial score (nSPS) is 14.5. The lowest BCUT2D eigenvalue weighted by atomic mass is 9.84. The molecule has 2 aromatic carbocycles. The molecule has 0 heterocycles. The van der Waals surface area contributed by atoms with Crippen LogP contribution in [0.1, 0.15) is 30.5 Å². The van der Waals surface area contributed by atoms with E-state index < -0.39 is 17.4 Å². The predicted octanol–water partition coefficient (Wildman–Crippen LogP) is 3.06. The smallest absolute Gasteiger partial charge is 0.324 e. The topological polar surface area (TPSA) is 72.8 Å². The summed E-state index contributed by atoms with van der Waals surface area (Å²) in [4.78, 5) is 25.6. The van der Waals surface area contributed by atoms with Crippen molar-refractivity contribution < 1.29 is 24.2 Å². The van der Waals surface area contributed by atoms with Crippen LogP contribution in [0.5, 0.6) is 0 Å². The monoisotopic (exact) mass is 368 g/mol. The molecule has 0 atom stereocenters. The Morgan fingerprint density at radius 1 is 0.963 bits per heavy atom. The maximum absolute atomic E-state index is 12.8. The molecule has 0 fully saturated rings. The maximum atomic E-state index is 12.8. The van der Waals surface area contributed by atoms with Crippen molar-refractivity contribution in [2.75, 3.05) is 13.2 Å². The fourth-order valence-corrected chi connectivity index (χ4v) is 3.80. The van der Waals surface area contributed by atoms with Gasteiger partial charge in [0.25, 0.3) is 0 Å². The average molecular weight is 368 g/mol. The zero-order valence-electron chi connectivity index (χ0n) is 15.7. The molecule has 1 N–H and O–H groups in total. The zero-order chi connectivity index (χ0) is 19.4.